The maximum atomic E-state index is 13.2. The SMILES string of the molecule is Cc1nc2c(cnn2C(C)C)cc1C(=O)N1CCN(Cc2cccc([N+](=O)[O-])c2)CC1. The van der Waals surface area contributed by atoms with E-state index in [1.807, 2.05) is 28.6 Å². The number of nitrogens with zero attached hydrogens (tertiary/aromatic N) is 6. The first-order valence-corrected chi connectivity index (χ1v) is 10.4. The number of benzene rings is 1. The summed E-state index contributed by atoms with van der Waals surface area (Å²) in [4.78, 5) is 32.5. The van der Waals surface area contributed by atoms with Crippen molar-refractivity contribution in [1.29, 1.82) is 0 Å². The third-order valence-corrected chi connectivity index (χ3v) is 5.67. The van der Waals surface area contributed by atoms with Crippen LogP contribution in [0.15, 0.2) is 36.5 Å². The van der Waals surface area contributed by atoms with Gasteiger partial charge in [0.2, 0.25) is 0 Å². The molecule has 9 heteroatoms. The molecule has 3 heterocycles. The molecule has 0 spiro atoms. The molecule has 0 saturated carbocycles. The van der Waals surface area contributed by atoms with E-state index in [1.165, 1.54) is 6.07 Å². The lowest BCUT2D eigenvalue weighted by Crippen LogP contribution is -2.48. The van der Waals surface area contributed by atoms with E-state index in [0.717, 1.165) is 16.6 Å². The quantitative estimate of drug-likeness (QED) is 0.463. The maximum absolute atomic E-state index is 13.2. The number of fused-ring (bicyclic) bond motifs is 1. The first-order valence-electron chi connectivity index (χ1n) is 10.4. The molecule has 4 rings (SSSR count). The Labute approximate surface area is 180 Å². The Bertz CT molecular complexity index is 1130. The van der Waals surface area contributed by atoms with Crippen molar-refractivity contribution >= 4 is 22.6 Å². The number of hydrogen-bond donors (Lipinski definition) is 0. The van der Waals surface area contributed by atoms with Crippen molar-refractivity contribution in [2.24, 2.45) is 0 Å². The van der Waals surface area contributed by atoms with Crippen LogP contribution in [-0.2, 0) is 6.54 Å². The summed E-state index contributed by atoms with van der Waals surface area (Å²) in [5.74, 6) is -0.0146. The third kappa shape index (κ3) is 4.27. The monoisotopic (exact) mass is 422 g/mol. The fourth-order valence-electron chi connectivity index (χ4n) is 3.97. The summed E-state index contributed by atoms with van der Waals surface area (Å²) >= 11 is 0. The predicted octanol–water partition coefficient (Wildman–Crippen LogP) is 3.19. The summed E-state index contributed by atoms with van der Waals surface area (Å²) in [6.07, 6.45) is 1.76. The van der Waals surface area contributed by atoms with Crippen LogP contribution in [0.1, 0.15) is 41.5 Å². The number of aromatic nitrogens is 3. The number of rotatable bonds is 5. The lowest BCUT2D eigenvalue weighted by Gasteiger charge is -2.35. The summed E-state index contributed by atoms with van der Waals surface area (Å²) in [5, 5.41) is 16.2. The minimum atomic E-state index is -0.377. The standard InChI is InChI=1S/C22H26N6O3/c1-15(2)27-21-18(13-23-27)12-20(16(3)24-21)22(29)26-9-7-25(8-10-26)14-17-5-4-6-19(11-17)28(30)31/h4-6,11-13,15H,7-10,14H2,1-3H3. The molecule has 1 aliphatic heterocycles. The summed E-state index contributed by atoms with van der Waals surface area (Å²) in [7, 11) is 0. The van der Waals surface area contributed by atoms with E-state index in [1.54, 1.807) is 18.3 Å². The summed E-state index contributed by atoms with van der Waals surface area (Å²) in [6, 6.07) is 8.80. The Balaban J connectivity index is 1.43. The molecule has 1 aromatic carbocycles. The lowest BCUT2D eigenvalue weighted by atomic mass is 10.1. The van der Waals surface area contributed by atoms with Crippen molar-refractivity contribution in [3.63, 3.8) is 0 Å². The molecule has 1 saturated heterocycles. The van der Waals surface area contributed by atoms with E-state index in [0.29, 0.717) is 44.0 Å². The van der Waals surface area contributed by atoms with Crippen molar-refractivity contribution < 1.29 is 9.72 Å². The van der Waals surface area contributed by atoms with E-state index >= 15 is 0 Å². The number of amides is 1. The summed E-state index contributed by atoms with van der Waals surface area (Å²) < 4.78 is 1.86. The zero-order chi connectivity index (χ0) is 22.1. The first kappa shape index (κ1) is 20.9. The third-order valence-electron chi connectivity index (χ3n) is 5.67. The van der Waals surface area contributed by atoms with Gasteiger partial charge in [0.25, 0.3) is 11.6 Å². The molecule has 162 valence electrons. The van der Waals surface area contributed by atoms with Gasteiger partial charge in [0.05, 0.1) is 22.4 Å². The van der Waals surface area contributed by atoms with Crippen LogP contribution in [0.4, 0.5) is 5.69 Å². The molecule has 0 radical (unpaired) electrons. The van der Waals surface area contributed by atoms with Gasteiger partial charge in [-0.3, -0.25) is 19.8 Å². The Morgan fingerprint density at radius 2 is 1.94 bits per heavy atom. The lowest BCUT2D eigenvalue weighted by molar-refractivity contribution is -0.384. The maximum Gasteiger partial charge on any atom is 0.269 e. The van der Waals surface area contributed by atoms with Gasteiger partial charge in [0.1, 0.15) is 0 Å². The smallest absolute Gasteiger partial charge is 0.269 e. The van der Waals surface area contributed by atoms with Crippen LogP contribution in [0.3, 0.4) is 0 Å². The second-order valence-electron chi connectivity index (χ2n) is 8.21. The van der Waals surface area contributed by atoms with Gasteiger partial charge in [-0.15, -0.1) is 0 Å². The number of pyridine rings is 1. The molecule has 2 aromatic heterocycles. The topological polar surface area (TPSA) is 97.4 Å². The number of non-ortho nitro benzene ring substituents is 1. The van der Waals surface area contributed by atoms with Crippen molar-refractivity contribution in [2.45, 2.75) is 33.4 Å². The van der Waals surface area contributed by atoms with Crippen LogP contribution < -0.4 is 0 Å². The molecule has 9 nitrogen and oxygen atoms in total. The summed E-state index contributed by atoms with van der Waals surface area (Å²) in [6.45, 7) is 9.24. The van der Waals surface area contributed by atoms with Crippen LogP contribution in [0, 0.1) is 17.0 Å². The predicted molar refractivity (Wildman–Crippen MR) is 117 cm³/mol. The zero-order valence-corrected chi connectivity index (χ0v) is 18.0. The van der Waals surface area contributed by atoms with Gasteiger partial charge in [0, 0.05) is 56.3 Å². The highest BCUT2D eigenvalue weighted by atomic mass is 16.6. The van der Waals surface area contributed by atoms with Crippen LogP contribution in [-0.4, -0.2) is 61.6 Å². The van der Waals surface area contributed by atoms with Gasteiger partial charge in [-0.2, -0.15) is 5.10 Å². The van der Waals surface area contributed by atoms with Crippen LogP contribution in [0.5, 0.6) is 0 Å². The number of piperazine rings is 1. The fourth-order valence-corrected chi connectivity index (χ4v) is 3.97. The van der Waals surface area contributed by atoms with Crippen LogP contribution in [0.25, 0.3) is 11.0 Å². The molecule has 0 aliphatic carbocycles. The van der Waals surface area contributed by atoms with E-state index < -0.39 is 0 Å². The van der Waals surface area contributed by atoms with Crippen molar-refractivity contribution in [3.05, 3.63) is 63.5 Å². The minimum absolute atomic E-state index is 0.0146. The van der Waals surface area contributed by atoms with Crippen molar-refractivity contribution in [2.75, 3.05) is 26.2 Å². The molecule has 1 fully saturated rings. The molecule has 1 amide bonds. The zero-order valence-electron chi connectivity index (χ0n) is 18.0. The van der Waals surface area contributed by atoms with E-state index in [4.69, 9.17) is 0 Å². The van der Waals surface area contributed by atoms with Gasteiger partial charge in [0.15, 0.2) is 5.65 Å². The van der Waals surface area contributed by atoms with Gasteiger partial charge >= 0.3 is 0 Å². The Morgan fingerprint density at radius 3 is 2.61 bits per heavy atom. The van der Waals surface area contributed by atoms with Crippen LogP contribution in [0.2, 0.25) is 0 Å². The second-order valence-corrected chi connectivity index (χ2v) is 8.21. The normalized spacial score (nSPS) is 15.0. The average Bonchev–Trinajstić information content (AvgIpc) is 3.16. The minimum Gasteiger partial charge on any atom is -0.336 e. The van der Waals surface area contributed by atoms with Gasteiger partial charge < -0.3 is 4.90 Å². The van der Waals surface area contributed by atoms with Crippen molar-refractivity contribution in [3.8, 4) is 0 Å². The molecule has 0 unspecified atom stereocenters. The molecule has 3 aromatic rings. The molecule has 1 aliphatic rings. The molecule has 0 N–H and O–H groups in total. The number of carbonyl (C=O) groups is 1. The molecule has 31 heavy (non-hydrogen) atoms. The second kappa shape index (κ2) is 8.43. The summed E-state index contributed by atoms with van der Waals surface area (Å²) in [5.41, 5.74) is 3.12. The number of nitro groups is 1. The van der Waals surface area contributed by atoms with E-state index in [2.05, 4.69) is 28.8 Å². The molecule has 0 bridgehead atoms. The number of hydrogen-bond acceptors (Lipinski definition) is 6. The highest BCUT2D eigenvalue weighted by molar-refractivity contribution is 5.98. The first-order chi connectivity index (χ1) is 14.8. The highest BCUT2D eigenvalue weighted by Gasteiger charge is 2.25. The molecule has 0 atom stereocenters. The number of aryl methyl sites for hydroxylation is 1. The highest BCUT2D eigenvalue weighted by Crippen LogP contribution is 2.21. The Morgan fingerprint density at radius 1 is 1.19 bits per heavy atom. The van der Waals surface area contributed by atoms with Gasteiger partial charge in [-0.05, 0) is 32.4 Å². The van der Waals surface area contributed by atoms with Gasteiger partial charge in [-0.25, -0.2) is 9.67 Å². The fraction of sp³-hybridized carbons (Fsp3) is 0.409. The van der Waals surface area contributed by atoms with Crippen molar-refractivity contribution in [1.82, 2.24) is 24.6 Å². The molecular formula is C22H26N6O3. The van der Waals surface area contributed by atoms with E-state index in [9.17, 15) is 14.9 Å². The molecular weight excluding hydrogens is 396 g/mol. The largest absolute Gasteiger partial charge is 0.336 e. The Kier molecular flexibility index (Phi) is 5.69. The van der Waals surface area contributed by atoms with E-state index in [-0.39, 0.29) is 22.6 Å². The average molecular weight is 422 g/mol. The van der Waals surface area contributed by atoms with Gasteiger partial charge in [-0.1, -0.05) is 12.1 Å². The Hall–Kier alpha value is -3.33. The number of nitro benzene ring substituents is 1. The number of carbonyl (C=O) groups excluding carboxylic acids is 1. The van der Waals surface area contributed by atoms with Crippen LogP contribution >= 0.6 is 0 Å².